The zero-order valence-electron chi connectivity index (χ0n) is 19.5. The molecular weight excluding hydrogens is 435 g/mol. The van der Waals surface area contributed by atoms with E-state index in [-0.39, 0.29) is 18.3 Å². The maximum absolute atomic E-state index is 13.2. The normalized spacial score (nSPS) is 13.9. The van der Waals surface area contributed by atoms with Gasteiger partial charge in [-0.25, -0.2) is 4.39 Å². The highest BCUT2D eigenvalue weighted by Gasteiger charge is 2.29. The van der Waals surface area contributed by atoms with Gasteiger partial charge in [-0.3, -0.25) is 14.4 Å². The quantitative estimate of drug-likeness (QED) is 0.398. The van der Waals surface area contributed by atoms with Gasteiger partial charge >= 0.3 is 0 Å². The molecule has 1 aromatic heterocycles. The highest BCUT2D eigenvalue weighted by Crippen LogP contribution is 2.23. The first-order valence-electron chi connectivity index (χ1n) is 11.6. The molecule has 4 rings (SSSR count). The predicted molar refractivity (Wildman–Crippen MR) is 129 cm³/mol. The molecule has 1 aliphatic rings. The Morgan fingerprint density at radius 3 is 2.21 bits per heavy atom. The average molecular weight is 465 g/mol. The van der Waals surface area contributed by atoms with Gasteiger partial charge in [-0.2, -0.15) is 0 Å². The molecule has 0 aliphatic carbocycles. The van der Waals surface area contributed by atoms with Gasteiger partial charge in [-0.1, -0.05) is 18.2 Å². The number of amides is 2. The smallest absolute Gasteiger partial charge is 0.295 e. The molecular formula is C26H29FN4O3. The molecule has 8 heteroatoms. The topological polar surface area (TPSA) is 65.9 Å². The van der Waals surface area contributed by atoms with Crippen LogP contribution in [-0.4, -0.2) is 71.2 Å². The molecule has 34 heavy (non-hydrogen) atoms. The van der Waals surface area contributed by atoms with Gasteiger partial charge in [0.15, 0.2) is 0 Å². The van der Waals surface area contributed by atoms with Crippen LogP contribution in [-0.2, 0) is 16.1 Å². The van der Waals surface area contributed by atoms with Gasteiger partial charge in [0.1, 0.15) is 12.4 Å². The molecule has 0 unspecified atom stereocenters. The number of likely N-dealkylation sites (N-methyl/N-ethyl adjacent to an activating group) is 1. The van der Waals surface area contributed by atoms with Gasteiger partial charge in [0.2, 0.25) is 5.91 Å². The lowest BCUT2D eigenvalue weighted by molar-refractivity contribution is -0.131. The molecule has 7 nitrogen and oxygen atoms in total. The number of para-hydroxylation sites is 1. The summed E-state index contributed by atoms with van der Waals surface area (Å²) in [5.41, 5.74) is 1.95. The summed E-state index contributed by atoms with van der Waals surface area (Å²) in [5.74, 6) is -1.44. The monoisotopic (exact) mass is 464 g/mol. The number of anilines is 1. The number of piperazine rings is 1. The Kier molecular flexibility index (Phi) is 6.95. The Labute approximate surface area is 198 Å². The Hall–Kier alpha value is -3.68. The number of hydrogen-bond acceptors (Lipinski definition) is 4. The molecule has 2 aromatic carbocycles. The maximum Gasteiger partial charge on any atom is 0.295 e. The number of carbonyl (C=O) groups is 3. The third kappa shape index (κ3) is 4.66. The maximum atomic E-state index is 13.2. The van der Waals surface area contributed by atoms with Crippen molar-refractivity contribution in [2.45, 2.75) is 20.4 Å². The fourth-order valence-corrected chi connectivity index (χ4v) is 4.46. The van der Waals surface area contributed by atoms with Crippen LogP contribution in [0.3, 0.4) is 0 Å². The Bertz CT molecular complexity index is 1190. The third-order valence-corrected chi connectivity index (χ3v) is 6.41. The van der Waals surface area contributed by atoms with E-state index in [1.165, 1.54) is 12.1 Å². The second kappa shape index (κ2) is 10.1. The lowest BCUT2D eigenvalue weighted by Gasteiger charge is -2.35. The summed E-state index contributed by atoms with van der Waals surface area (Å²) >= 11 is 0. The highest BCUT2D eigenvalue weighted by molar-refractivity contribution is 6.44. The minimum absolute atomic E-state index is 0.0343. The van der Waals surface area contributed by atoms with Crippen molar-refractivity contribution in [3.63, 3.8) is 0 Å². The number of Topliss-reactive ketones (excluding diaryl/α,β-unsaturated/α-hetero) is 1. The van der Waals surface area contributed by atoms with E-state index in [4.69, 9.17) is 0 Å². The minimum atomic E-state index is -0.569. The lowest BCUT2D eigenvalue weighted by atomic mass is 10.1. The summed E-state index contributed by atoms with van der Waals surface area (Å²) < 4.78 is 15.0. The van der Waals surface area contributed by atoms with Crippen molar-refractivity contribution in [1.82, 2.24) is 14.4 Å². The fraction of sp³-hybridized carbons (Fsp3) is 0.346. The Morgan fingerprint density at radius 1 is 0.912 bits per heavy atom. The summed E-state index contributed by atoms with van der Waals surface area (Å²) in [6.07, 6.45) is 1.63. The largest absolute Gasteiger partial charge is 0.368 e. The molecule has 0 spiro atoms. The minimum Gasteiger partial charge on any atom is -0.368 e. The van der Waals surface area contributed by atoms with Crippen molar-refractivity contribution in [3.8, 4) is 0 Å². The van der Waals surface area contributed by atoms with Crippen LogP contribution < -0.4 is 4.90 Å². The number of benzene rings is 2. The van der Waals surface area contributed by atoms with Crippen LogP contribution >= 0.6 is 0 Å². The number of ketones is 1. The lowest BCUT2D eigenvalue weighted by Crippen LogP contribution is -2.50. The first-order valence-corrected chi connectivity index (χ1v) is 11.6. The zero-order valence-corrected chi connectivity index (χ0v) is 19.5. The van der Waals surface area contributed by atoms with Crippen LogP contribution in [0.4, 0.5) is 10.1 Å². The van der Waals surface area contributed by atoms with Gasteiger partial charge < -0.3 is 19.3 Å². The molecule has 0 N–H and O–H groups in total. The zero-order chi connectivity index (χ0) is 24.2. The molecule has 2 heterocycles. The standard InChI is InChI=1S/C26H29FN4O3/c1-3-28(4-2)24(32)18-31-17-22(21-7-5-6-8-23(21)31)25(33)26(34)30-15-13-29(14-16-30)20-11-9-19(27)10-12-20/h5-12,17H,3-4,13-16,18H2,1-2H3. The van der Waals surface area contributed by atoms with Gasteiger partial charge in [0.05, 0.1) is 5.56 Å². The molecule has 1 fully saturated rings. The van der Waals surface area contributed by atoms with Crippen molar-refractivity contribution >= 4 is 34.2 Å². The first kappa shape index (κ1) is 23.5. The fourth-order valence-electron chi connectivity index (χ4n) is 4.46. The van der Waals surface area contributed by atoms with E-state index in [0.29, 0.717) is 50.2 Å². The summed E-state index contributed by atoms with van der Waals surface area (Å²) in [7, 11) is 0. The number of rotatable bonds is 7. The van der Waals surface area contributed by atoms with E-state index in [9.17, 15) is 18.8 Å². The number of fused-ring (bicyclic) bond motifs is 1. The van der Waals surface area contributed by atoms with Crippen molar-refractivity contribution in [3.05, 3.63) is 66.1 Å². The second-order valence-corrected chi connectivity index (χ2v) is 8.34. The van der Waals surface area contributed by atoms with Crippen LogP contribution in [0.2, 0.25) is 0 Å². The SMILES string of the molecule is CCN(CC)C(=O)Cn1cc(C(=O)C(=O)N2CCN(c3ccc(F)cc3)CC2)c2ccccc21. The van der Waals surface area contributed by atoms with Gasteiger partial charge in [-0.05, 0) is 44.2 Å². The van der Waals surface area contributed by atoms with E-state index in [1.807, 2.05) is 32.0 Å². The van der Waals surface area contributed by atoms with Crippen LogP contribution in [0.25, 0.3) is 10.9 Å². The number of nitrogens with zero attached hydrogens (tertiary/aromatic N) is 4. The number of aromatic nitrogens is 1. The molecule has 3 aromatic rings. The summed E-state index contributed by atoms with van der Waals surface area (Å²) in [6, 6.07) is 13.6. The summed E-state index contributed by atoms with van der Waals surface area (Å²) in [6.45, 7) is 7.13. The number of hydrogen-bond donors (Lipinski definition) is 0. The Balaban J connectivity index is 1.50. The number of halogens is 1. The predicted octanol–water partition coefficient (Wildman–Crippen LogP) is 3.18. The van der Waals surface area contributed by atoms with Crippen molar-refractivity contribution in [1.29, 1.82) is 0 Å². The van der Waals surface area contributed by atoms with E-state index >= 15 is 0 Å². The van der Waals surface area contributed by atoms with Crippen LogP contribution in [0.5, 0.6) is 0 Å². The van der Waals surface area contributed by atoms with Crippen molar-refractivity contribution < 1.29 is 18.8 Å². The molecule has 2 amide bonds. The van der Waals surface area contributed by atoms with Crippen LogP contribution in [0.15, 0.2) is 54.7 Å². The van der Waals surface area contributed by atoms with Gasteiger partial charge in [0.25, 0.3) is 11.7 Å². The van der Waals surface area contributed by atoms with E-state index < -0.39 is 11.7 Å². The van der Waals surface area contributed by atoms with Crippen LogP contribution in [0.1, 0.15) is 24.2 Å². The second-order valence-electron chi connectivity index (χ2n) is 8.34. The van der Waals surface area contributed by atoms with E-state index in [1.54, 1.807) is 38.8 Å². The number of carbonyl (C=O) groups excluding carboxylic acids is 3. The molecule has 0 bridgehead atoms. The van der Waals surface area contributed by atoms with Crippen molar-refractivity contribution in [2.75, 3.05) is 44.2 Å². The van der Waals surface area contributed by atoms with Crippen molar-refractivity contribution in [2.24, 2.45) is 0 Å². The first-order chi connectivity index (χ1) is 16.4. The molecule has 178 valence electrons. The van der Waals surface area contributed by atoms with Gasteiger partial charge in [-0.15, -0.1) is 0 Å². The average Bonchev–Trinajstić information content (AvgIpc) is 3.23. The molecule has 0 atom stereocenters. The summed E-state index contributed by atoms with van der Waals surface area (Å²) in [4.78, 5) is 44.4. The van der Waals surface area contributed by atoms with E-state index in [2.05, 4.69) is 4.90 Å². The van der Waals surface area contributed by atoms with Crippen LogP contribution in [0, 0.1) is 5.82 Å². The Morgan fingerprint density at radius 2 is 1.56 bits per heavy atom. The highest BCUT2D eigenvalue weighted by atomic mass is 19.1. The van der Waals surface area contributed by atoms with Gasteiger partial charge in [0, 0.05) is 62.1 Å². The molecule has 0 radical (unpaired) electrons. The third-order valence-electron chi connectivity index (χ3n) is 6.41. The summed E-state index contributed by atoms with van der Waals surface area (Å²) in [5, 5.41) is 0.665. The molecule has 1 saturated heterocycles. The molecule has 1 aliphatic heterocycles. The molecule has 0 saturated carbocycles. The van der Waals surface area contributed by atoms with E-state index in [0.717, 1.165) is 11.2 Å².